The summed E-state index contributed by atoms with van der Waals surface area (Å²) in [5.74, 6) is -1.78. The Morgan fingerprint density at radius 3 is 2.42 bits per heavy atom. The van der Waals surface area contributed by atoms with Gasteiger partial charge in [-0.1, -0.05) is 24.3 Å². The van der Waals surface area contributed by atoms with Gasteiger partial charge in [0.15, 0.2) is 0 Å². The van der Waals surface area contributed by atoms with Gasteiger partial charge in [0.05, 0.1) is 16.1 Å². The number of hydrogen-bond donors (Lipinski definition) is 3. The summed E-state index contributed by atoms with van der Waals surface area (Å²) in [5, 5.41) is 1.94. The van der Waals surface area contributed by atoms with Crippen molar-refractivity contribution >= 4 is 60.3 Å². The maximum atomic E-state index is 13.8. The molecule has 0 radical (unpaired) electrons. The van der Waals surface area contributed by atoms with Crippen molar-refractivity contribution in [2.24, 2.45) is 0 Å². The molecule has 0 bridgehead atoms. The van der Waals surface area contributed by atoms with Gasteiger partial charge in [-0.2, -0.15) is 0 Å². The van der Waals surface area contributed by atoms with Gasteiger partial charge in [-0.25, -0.2) is 12.8 Å². The second kappa shape index (κ2) is 8.46. The first-order valence-corrected chi connectivity index (χ1v) is 12.0. The predicted molar refractivity (Wildman–Crippen MR) is 118 cm³/mol. The van der Waals surface area contributed by atoms with E-state index < -0.39 is 27.7 Å². The first-order valence-electron chi connectivity index (χ1n) is 8.79. The van der Waals surface area contributed by atoms with Crippen LogP contribution >= 0.6 is 22.7 Å². The highest BCUT2D eigenvalue weighted by Gasteiger charge is 2.20. The molecule has 0 aliphatic carbocycles. The van der Waals surface area contributed by atoms with E-state index in [9.17, 15) is 22.4 Å². The van der Waals surface area contributed by atoms with Gasteiger partial charge in [0, 0.05) is 10.1 Å². The molecule has 11 heteroatoms. The van der Waals surface area contributed by atoms with Crippen molar-refractivity contribution in [1.82, 2.24) is 10.9 Å². The molecule has 2 amide bonds. The van der Waals surface area contributed by atoms with Gasteiger partial charge in [-0.3, -0.25) is 25.2 Å². The molecule has 3 N–H and O–H groups in total. The molecule has 158 valence electrons. The molecule has 0 atom stereocenters. The molecule has 0 spiro atoms. The van der Waals surface area contributed by atoms with Crippen molar-refractivity contribution < 1.29 is 22.4 Å². The van der Waals surface area contributed by atoms with Gasteiger partial charge >= 0.3 is 0 Å². The fourth-order valence-electron chi connectivity index (χ4n) is 2.76. The number of para-hydroxylation sites is 1. The van der Waals surface area contributed by atoms with E-state index in [0.29, 0.717) is 10.1 Å². The van der Waals surface area contributed by atoms with Gasteiger partial charge in [-0.15, -0.1) is 22.7 Å². The number of carbonyl (C=O) groups is 2. The van der Waals surface area contributed by atoms with Crippen molar-refractivity contribution in [1.29, 1.82) is 0 Å². The average molecular weight is 476 g/mol. The van der Waals surface area contributed by atoms with Crippen LogP contribution in [0.3, 0.4) is 0 Å². The number of benzene rings is 2. The normalized spacial score (nSPS) is 11.3. The average Bonchev–Trinajstić information content (AvgIpc) is 3.43. The lowest BCUT2D eigenvalue weighted by Gasteiger charge is -2.12. The Hall–Kier alpha value is -3.28. The number of carbonyl (C=O) groups excluding carboxylic acids is 2. The van der Waals surface area contributed by atoms with Crippen LogP contribution in [0.1, 0.15) is 20.0 Å². The number of amides is 2. The maximum absolute atomic E-state index is 13.8. The monoisotopic (exact) mass is 475 g/mol. The number of sulfonamides is 1. The second-order valence-corrected chi connectivity index (χ2v) is 10.2. The molecular formula is C20H14FN3O4S3. The SMILES string of the molecule is O=C(NNC(=O)c1ccccc1NS(=O)(=O)c1cccs1)c1cc2c(F)cccc2s1. The fraction of sp³-hybridized carbons (Fsp3) is 0. The molecule has 4 rings (SSSR count). The molecule has 2 aromatic carbocycles. The lowest BCUT2D eigenvalue weighted by atomic mass is 10.2. The van der Waals surface area contributed by atoms with Crippen molar-refractivity contribution in [2.45, 2.75) is 4.21 Å². The van der Waals surface area contributed by atoms with Crippen LogP contribution in [0.25, 0.3) is 10.1 Å². The van der Waals surface area contributed by atoms with Crippen molar-refractivity contribution in [3.8, 4) is 0 Å². The molecule has 0 aliphatic heterocycles. The van der Waals surface area contributed by atoms with E-state index in [-0.39, 0.29) is 20.3 Å². The third-order valence-electron chi connectivity index (χ3n) is 4.20. The van der Waals surface area contributed by atoms with Crippen LogP contribution in [0.15, 0.2) is 70.3 Å². The molecular weight excluding hydrogens is 461 g/mol. The minimum Gasteiger partial charge on any atom is -0.278 e. The summed E-state index contributed by atoms with van der Waals surface area (Å²) in [6, 6.07) is 15.0. The zero-order valence-corrected chi connectivity index (χ0v) is 18.0. The Morgan fingerprint density at radius 2 is 1.68 bits per heavy atom. The van der Waals surface area contributed by atoms with Crippen molar-refractivity contribution in [2.75, 3.05) is 4.72 Å². The fourth-order valence-corrected chi connectivity index (χ4v) is 5.80. The Labute approximate surface area is 184 Å². The highest BCUT2D eigenvalue weighted by Crippen LogP contribution is 2.27. The molecule has 7 nitrogen and oxygen atoms in total. The van der Waals surface area contributed by atoms with E-state index in [1.165, 1.54) is 30.3 Å². The standard InChI is InChI=1S/C20H14FN3O4S3/c21-14-6-3-8-16-13(14)11-17(30-16)20(26)23-22-19(25)12-5-1-2-7-15(12)24-31(27,28)18-9-4-10-29-18/h1-11,24H,(H,22,25)(H,23,26). The first-order chi connectivity index (χ1) is 14.8. The number of anilines is 1. The van der Waals surface area contributed by atoms with Crippen LogP contribution in [0.5, 0.6) is 0 Å². The van der Waals surface area contributed by atoms with Gasteiger partial charge < -0.3 is 0 Å². The molecule has 31 heavy (non-hydrogen) atoms. The Bertz CT molecular complexity index is 1380. The molecule has 2 heterocycles. The molecule has 4 aromatic rings. The molecule has 0 saturated carbocycles. The Balaban J connectivity index is 1.49. The number of halogens is 1. The summed E-state index contributed by atoms with van der Waals surface area (Å²) in [6.07, 6.45) is 0. The molecule has 0 fully saturated rings. The second-order valence-electron chi connectivity index (χ2n) is 6.25. The van der Waals surface area contributed by atoms with E-state index in [2.05, 4.69) is 15.6 Å². The van der Waals surface area contributed by atoms with Gasteiger partial charge in [-0.05, 0) is 41.8 Å². The highest BCUT2D eigenvalue weighted by atomic mass is 32.2. The molecule has 0 saturated heterocycles. The van der Waals surface area contributed by atoms with Gasteiger partial charge in [0.25, 0.3) is 21.8 Å². The van der Waals surface area contributed by atoms with E-state index in [0.717, 1.165) is 22.7 Å². The number of fused-ring (bicyclic) bond motifs is 1. The van der Waals surface area contributed by atoms with Crippen LogP contribution in [0, 0.1) is 5.82 Å². The van der Waals surface area contributed by atoms with Crippen LogP contribution < -0.4 is 15.6 Å². The minimum absolute atomic E-state index is 0.0188. The number of hydrogen-bond acceptors (Lipinski definition) is 6. The van der Waals surface area contributed by atoms with E-state index in [1.54, 1.807) is 35.7 Å². The number of nitrogens with one attached hydrogen (secondary N) is 3. The predicted octanol–water partition coefficient (Wildman–Crippen LogP) is 3.98. The summed E-state index contributed by atoms with van der Waals surface area (Å²) >= 11 is 2.13. The summed E-state index contributed by atoms with van der Waals surface area (Å²) in [4.78, 5) is 25.2. The lowest BCUT2D eigenvalue weighted by molar-refractivity contribution is 0.0849. The van der Waals surface area contributed by atoms with Crippen LogP contribution in [0.2, 0.25) is 0 Å². The summed E-state index contributed by atoms with van der Waals surface area (Å²) in [7, 11) is -3.85. The van der Waals surface area contributed by atoms with E-state index in [1.807, 2.05) is 0 Å². The maximum Gasteiger partial charge on any atom is 0.279 e. The van der Waals surface area contributed by atoms with Crippen LogP contribution in [-0.4, -0.2) is 20.2 Å². The molecule has 2 aromatic heterocycles. The Morgan fingerprint density at radius 1 is 0.903 bits per heavy atom. The summed E-state index contributed by atoms with van der Waals surface area (Å²) in [6.45, 7) is 0. The van der Waals surface area contributed by atoms with E-state index in [4.69, 9.17) is 0 Å². The van der Waals surface area contributed by atoms with E-state index >= 15 is 0 Å². The zero-order chi connectivity index (χ0) is 22.0. The quantitative estimate of drug-likeness (QED) is 0.380. The summed E-state index contributed by atoms with van der Waals surface area (Å²) in [5.41, 5.74) is 4.61. The van der Waals surface area contributed by atoms with Gasteiger partial charge in [0.2, 0.25) is 0 Å². The first kappa shape index (κ1) is 21.0. The van der Waals surface area contributed by atoms with Crippen LogP contribution in [-0.2, 0) is 10.0 Å². The summed E-state index contributed by atoms with van der Waals surface area (Å²) < 4.78 is 41.9. The third kappa shape index (κ3) is 4.43. The van der Waals surface area contributed by atoms with Crippen LogP contribution in [0.4, 0.5) is 10.1 Å². The van der Waals surface area contributed by atoms with Gasteiger partial charge in [0.1, 0.15) is 10.0 Å². The highest BCUT2D eigenvalue weighted by molar-refractivity contribution is 7.94. The molecule has 0 aliphatic rings. The largest absolute Gasteiger partial charge is 0.279 e. The Kier molecular flexibility index (Phi) is 5.72. The number of hydrazine groups is 1. The third-order valence-corrected chi connectivity index (χ3v) is 8.06. The number of thiophene rings is 2. The molecule has 0 unspecified atom stereocenters. The number of rotatable bonds is 5. The minimum atomic E-state index is -3.85. The smallest absolute Gasteiger partial charge is 0.278 e. The van der Waals surface area contributed by atoms with Crippen molar-refractivity contribution in [3.05, 3.63) is 82.3 Å². The van der Waals surface area contributed by atoms with Crippen molar-refractivity contribution in [3.63, 3.8) is 0 Å². The topological polar surface area (TPSA) is 104 Å². The zero-order valence-electron chi connectivity index (χ0n) is 15.6. The lowest BCUT2D eigenvalue weighted by Crippen LogP contribution is -2.41.